The molecular weight excluding hydrogens is 522 g/mol. The van der Waals surface area contributed by atoms with E-state index >= 15 is 0 Å². The number of pyridine rings is 1. The number of rotatable bonds is 13. The third kappa shape index (κ3) is 8.11. The van der Waals surface area contributed by atoms with Crippen molar-refractivity contribution in [3.05, 3.63) is 88.7 Å². The third-order valence-corrected chi connectivity index (χ3v) is 7.30. The summed E-state index contributed by atoms with van der Waals surface area (Å²) in [7, 11) is -2.75. The Hall–Kier alpha value is -4.25. The Morgan fingerprint density at radius 3 is 2.36 bits per heavy atom. The van der Waals surface area contributed by atoms with Crippen molar-refractivity contribution in [1.29, 1.82) is 0 Å². The summed E-state index contributed by atoms with van der Waals surface area (Å²) >= 11 is 0. The molecule has 1 aromatic heterocycles. The number of carbonyl (C=O) groups excluding carboxylic acids is 2. The summed E-state index contributed by atoms with van der Waals surface area (Å²) in [4.78, 5) is 40.5. The van der Waals surface area contributed by atoms with Crippen LogP contribution in [0.25, 0.3) is 0 Å². The average molecular weight is 554 g/mol. The number of methoxy groups -OCH3 is 1. The molecule has 0 fully saturated rings. The second-order valence-electron chi connectivity index (χ2n) is 8.81. The number of aryl methyl sites for hydroxylation is 1. The van der Waals surface area contributed by atoms with Gasteiger partial charge in [0, 0.05) is 18.3 Å². The molecule has 0 unspecified atom stereocenters. The summed E-state index contributed by atoms with van der Waals surface area (Å²) in [5.74, 6) is -1.91. The lowest BCUT2D eigenvalue weighted by Crippen LogP contribution is -2.31. The SMILES string of the molecule is CCCCCc1cc(C(=O)NS(=O)(=O)c2cccc(C(=O)NCCc3ccc(OC)cc3)c2)cnc1C(=O)O. The van der Waals surface area contributed by atoms with Gasteiger partial charge < -0.3 is 15.2 Å². The number of sulfonamides is 1. The number of unbranched alkanes of at least 4 members (excludes halogenated alkanes) is 2. The molecule has 1 heterocycles. The summed E-state index contributed by atoms with van der Waals surface area (Å²) < 4.78 is 32.9. The number of hydrogen-bond acceptors (Lipinski definition) is 7. The van der Waals surface area contributed by atoms with E-state index in [4.69, 9.17) is 4.74 Å². The molecule has 39 heavy (non-hydrogen) atoms. The second-order valence-corrected chi connectivity index (χ2v) is 10.5. The van der Waals surface area contributed by atoms with Crippen molar-refractivity contribution in [2.75, 3.05) is 13.7 Å². The first kappa shape index (κ1) is 29.3. The van der Waals surface area contributed by atoms with Gasteiger partial charge in [-0.2, -0.15) is 0 Å². The molecule has 0 atom stereocenters. The Morgan fingerprint density at radius 2 is 1.69 bits per heavy atom. The number of carboxylic acid groups (broad SMARTS) is 1. The number of aromatic carboxylic acids is 1. The van der Waals surface area contributed by atoms with Gasteiger partial charge >= 0.3 is 5.97 Å². The Balaban J connectivity index is 1.68. The number of hydrogen-bond donors (Lipinski definition) is 3. The van der Waals surface area contributed by atoms with Crippen LogP contribution in [0.3, 0.4) is 0 Å². The van der Waals surface area contributed by atoms with Gasteiger partial charge in [-0.15, -0.1) is 0 Å². The minimum Gasteiger partial charge on any atom is -0.497 e. The molecule has 0 aliphatic carbocycles. The molecule has 3 N–H and O–H groups in total. The van der Waals surface area contributed by atoms with E-state index in [1.807, 2.05) is 35.9 Å². The summed E-state index contributed by atoms with van der Waals surface area (Å²) in [5.41, 5.74) is 1.22. The van der Waals surface area contributed by atoms with Crippen LogP contribution in [-0.4, -0.2) is 49.9 Å². The van der Waals surface area contributed by atoms with E-state index in [9.17, 15) is 27.9 Å². The zero-order valence-electron chi connectivity index (χ0n) is 21.8. The first-order valence-electron chi connectivity index (χ1n) is 12.4. The molecule has 0 saturated carbocycles. The van der Waals surface area contributed by atoms with Gasteiger partial charge in [-0.1, -0.05) is 38.0 Å². The molecule has 0 radical (unpaired) electrons. The van der Waals surface area contributed by atoms with Crippen molar-refractivity contribution >= 4 is 27.8 Å². The highest BCUT2D eigenvalue weighted by molar-refractivity contribution is 7.90. The van der Waals surface area contributed by atoms with Gasteiger partial charge in [-0.3, -0.25) is 9.59 Å². The number of amides is 2. The van der Waals surface area contributed by atoms with E-state index in [0.29, 0.717) is 31.4 Å². The molecule has 0 aliphatic heterocycles. The largest absolute Gasteiger partial charge is 0.497 e. The van der Waals surface area contributed by atoms with Crippen LogP contribution in [0, 0.1) is 0 Å². The van der Waals surface area contributed by atoms with E-state index in [1.54, 1.807) is 7.11 Å². The molecule has 2 aromatic carbocycles. The number of carbonyl (C=O) groups is 3. The smallest absolute Gasteiger partial charge is 0.354 e. The lowest BCUT2D eigenvalue weighted by Gasteiger charge is -2.11. The van der Waals surface area contributed by atoms with E-state index in [-0.39, 0.29) is 21.7 Å². The van der Waals surface area contributed by atoms with Crippen LogP contribution in [-0.2, 0) is 22.9 Å². The van der Waals surface area contributed by atoms with Crippen LogP contribution in [0.15, 0.2) is 65.7 Å². The maximum absolute atomic E-state index is 12.9. The fraction of sp³-hybridized carbons (Fsp3) is 0.286. The normalized spacial score (nSPS) is 11.0. The maximum Gasteiger partial charge on any atom is 0.354 e. The third-order valence-electron chi connectivity index (χ3n) is 5.97. The van der Waals surface area contributed by atoms with Gasteiger partial charge in [-0.25, -0.2) is 22.9 Å². The highest BCUT2D eigenvalue weighted by Gasteiger charge is 2.22. The first-order valence-corrected chi connectivity index (χ1v) is 13.9. The molecule has 10 nitrogen and oxygen atoms in total. The predicted molar refractivity (Wildman–Crippen MR) is 145 cm³/mol. The van der Waals surface area contributed by atoms with Gasteiger partial charge in [-0.05, 0) is 66.8 Å². The molecule has 206 valence electrons. The average Bonchev–Trinajstić information content (AvgIpc) is 2.93. The number of nitrogens with one attached hydrogen (secondary N) is 2. The van der Waals surface area contributed by atoms with Crippen molar-refractivity contribution in [2.24, 2.45) is 0 Å². The van der Waals surface area contributed by atoms with Gasteiger partial charge in [0.15, 0.2) is 5.69 Å². The van der Waals surface area contributed by atoms with Gasteiger partial charge in [0.2, 0.25) is 0 Å². The standard InChI is InChI=1S/C28H31N3O7S/c1-3-4-5-7-20-16-22(18-30-25(20)28(34)35)27(33)31-39(36,37)24-9-6-8-21(17-24)26(32)29-15-14-19-10-12-23(38-2)13-11-19/h6,8-13,16-18H,3-5,7,14-15H2,1-2H3,(H,29,32)(H,31,33)(H,34,35). The zero-order valence-corrected chi connectivity index (χ0v) is 22.6. The van der Waals surface area contributed by atoms with Crippen LogP contribution < -0.4 is 14.8 Å². The first-order chi connectivity index (χ1) is 18.6. The highest BCUT2D eigenvalue weighted by Crippen LogP contribution is 2.16. The van der Waals surface area contributed by atoms with Crippen LogP contribution in [0.4, 0.5) is 0 Å². The summed E-state index contributed by atoms with van der Waals surface area (Å²) in [6.07, 6.45) is 4.50. The number of benzene rings is 2. The molecular formula is C28H31N3O7S. The molecule has 11 heteroatoms. The maximum atomic E-state index is 12.9. The lowest BCUT2D eigenvalue weighted by molar-refractivity contribution is 0.0688. The molecule has 2 amide bonds. The summed E-state index contributed by atoms with van der Waals surface area (Å²) in [6, 6.07) is 14.1. The van der Waals surface area contributed by atoms with Crippen molar-refractivity contribution < 1.29 is 32.6 Å². The molecule has 3 aromatic rings. The Labute approximate surface area is 227 Å². The van der Waals surface area contributed by atoms with Crippen molar-refractivity contribution in [2.45, 2.75) is 43.9 Å². The fourth-order valence-corrected chi connectivity index (χ4v) is 4.86. The minimum atomic E-state index is -4.33. The molecule has 3 rings (SSSR count). The number of nitrogens with zero attached hydrogens (tertiary/aromatic N) is 1. The van der Waals surface area contributed by atoms with Gasteiger partial charge in [0.1, 0.15) is 5.75 Å². The number of carboxylic acids is 1. The quantitative estimate of drug-likeness (QED) is 0.272. The predicted octanol–water partition coefficient (Wildman–Crippen LogP) is 3.61. The molecule has 0 aliphatic rings. The fourth-order valence-electron chi connectivity index (χ4n) is 3.84. The summed E-state index contributed by atoms with van der Waals surface area (Å²) in [6.45, 7) is 2.34. The van der Waals surface area contributed by atoms with Crippen LogP contribution in [0.1, 0.15) is 68.5 Å². The van der Waals surface area contributed by atoms with Crippen molar-refractivity contribution in [3.63, 3.8) is 0 Å². The van der Waals surface area contributed by atoms with Crippen LogP contribution in [0.5, 0.6) is 5.75 Å². The molecule has 0 saturated heterocycles. The topological polar surface area (TPSA) is 152 Å². The van der Waals surface area contributed by atoms with Crippen LogP contribution in [0.2, 0.25) is 0 Å². The Morgan fingerprint density at radius 1 is 0.949 bits per heavy atom. The lowest BCUT2D eigenvalue weighted by atomic mass is 10.0. The van der Waals surface area contributed by atoms with Crippen molar-refractivity contribution in [1.82, 2.24) is 15.0 Å². The number of ether oxygens (including phenoxy) is 1. The Bertz CT molecular complexity index is 1440. The monoisotopic (exact) mass is 553 g/mol. The molecule has 0 bridgehead atoms. The number of aromatic nitrogens is 1. The van der Waals surface area contributed by atoms with E-state index < -0.39 is 27.8 Å². The van der Waals surface area contributed by atoms with E-state index in [2.05, 4.69) is 10.3 Å². The van der Waals surface area contributed by atoms with Gasteiger partial charge in [0.05, 0.1) is 17.6 Å². The molecule has 0 spiro atoms. The van der Waals surface area contributed by atoms with Gasteiger partial charge in [0.25, 0.3) is 21.8 Å². The van der Waals surface area contributed by atoms with E-state index in [0.717, 1.165) is 30.4 Å². The minimum absolute atomic E-state index is 0.0810. The zero-order chi connectivity index (χ0) is 28.4. The van der Waals surface area contributed by atoms with Crippen molar-refractivity contribution in [3.8, 4) is 5.75 Å². The second kappa shape index (κ2) is 13.5. The Kier molecular flexibility index (Phi) is 10.2. The van der Waals surface area contributed by atoms with E-state index in [1.165, 1.54) is 30.3 Å². The highest BCUT2D eigenvalue weighted by atomic mass is 32.2. The summed E-state index contributed by atoms with van der Waals surface area (Å²) in [5, 5.41) is 12.1. The van der Waals surface area contributed by atoms with Crippen LogP contribution >= 0.6 is 0 Å².